The third-order valence-electron chi connectivity index (χ3n) is 7.89. The Morgan fingerprint density at radius 1 is 1.10 bits per heavy atom. The van der Waals surface area contributed by atoms with E-state index in [9.17, 15) is 4.79 Å². The fourth-order valence-corrected chi connectivity index (χ4v) is 5.50. The Kier molecular flexibility index (Phi) is 8.90. The highest BCUT2D eigenvalue weighted by Gasteiger charge is 2.31. The zero-order valence-corrected chi connectivity index (χ0v) is 24.5. The monoisotopic (exact) mass is 529 g/mol. The van der Waals surface area contributed by atoms with E-state index in [1.165, 1.54) is 5.56 Å². The number of aromatic nitrogens is 2. The van der Waals surface area contributed by atoms with E-state index in [4.69, 9.17) is 20.4 Å². The standard InChI is InChI=1S/C32H43N5O2/c1-8-36(18-29(33)38)26-14-15-37(17-26)32-27(19-39-28-16-25(20(2)3)13-12-21(28)4)24(7)34-31(35-32)30-22(5)10-9-11-23(30)6/h9-13,16,20,26H,8,14-15,17-19H2,1-7H3,(H2,33,38). The number of rotatable bonds is 10. The number of benzene rings is 2. The van der Waals surface area contributed by atoms with Crippen LogP contribution in [0.3, 0.4) is 0 Å². The van der Waals surface area contributed by atoms with E-state index >= 15 is 0 Å². The maximum absolute atomic E-state index is 11.7. The molecule has 1 aliphatic rings. The molecule has 208 valence electrons. The second kappa shape index (κ2) is 12.2. The van der Waals surface area contributed by atoms with Gasteiger partial charge in [0.2, 0.25) is 5.91 Å². The molecule has 1 aromatic heterocycles. The van der Waals surface area contributed by atoms with Crippen LogP contribution in [-0.2, 0) is 11.4 Å². The molecule has 1 saturated heterocycles. The van der Waals surface area contributed by atoms with Gasteiger partial charge in [-0.1, -0.05) is 51.1 Å². The Morgan fingerprint density at radius 2 is 1.82 bits per heavy atom. The first-order valence-electron chi connectivity index (χ1n) is 14.0. The van der Waals surface area contributed by atoms with Crippen LogP contribution in [0.2, 0.25) is 0 Å². The molecule has 3 aromatic rings. The van der Waals surface area contributed by atoms with Gasteiger partial charge in [-0.3, -0.25) is 9.69 Å². The Bertz CT molecular complexity index is 1320. The molecule has 1 aliphatic heterocycles. The summed E-state index contributed by atoms with van der Waals surface area (Å²) in [7, 11) is 0. The van der Waals surface area contributed by atoms with Crippen molar-refractivity contribution in [2.45, 2.75) is 73.5 Å². The number of anilines is 1. The minimum absolute atomic E-state index is 0.236. The predicted molar refractivity (Wildman–Crippen MR) is 158 cm³/mol. The molecular formula is C32H43N5O2. The van der Waals surface area contributed by atoms with Crippen LogP contribution < -0.4 is 15.4 Å². The van der Waals surface area contributed by atoms with Gasteiger partial charge in [-0.05, 0) is 74.9 Å². The number of ether oxygens (including phenoxy) is 1. The lowest BCUT2D eigenvalue weighted by atomic mass is 10.0. The van der Waals surface area contributed by atoms with Crippen LogP contribution in [0.25, 0.3) is 11.4 Å². The first-order chi connectivity index (χ1) is 18.6. The third kappa shape index (κ3) is 6.41. The predicted octanol–water partition coefficient (Wildman–Crippen LogP) is 5.47. The average Bonchev–Trinajstić information content (AvgIpc) is 3.37. The molecule has 1 fully saturated rings. The Labute approximate surface area is 233 Å². The van der Waals surface area contributed by atoms with Gasteiger partial charge in [0.1, 0.15) is 18.2 Å². The molecule has 39 heavy (non-hydrogen) atoms. The first kappa shape index (κ1) is 28.6. The molecule has 0 bridgehead atoms. The van der Waals surface area contributed by atoms with Gasteiger partial charge in [0.05, 0.1) is 17.8 Å². The fraction of sp³-hybridized carbons (Fsp3) is 0.469. The molecule has 0 saturated carbocycles. The van der Waals surface area contributed by atoms with Gasteiger partial charge in [-0.15, -0.1) is 0 Å². The second-order valence-corrected chi connectivity index (χ2v) is 11.1. The summed E-state index contributed by atoms with van der Waals surface area (Å²) in [5.74, 6) is 2.68. The van der Waals surface area contributed by atoms with Gasteiger partial charge >= 0.3 is 0 Å². The van der Waals surface area contributed by atoms with Crippen LogP contribution >= 0.6 is 0 Å². The molecule has 0 aliphatic carbocycles. The molecule has 2 heterocycles. The van der Waals surface area contributed by atoms with E-state index in [-0.39, 0.29) is 18.5 Å². The van der Waals surface area contributed by atoms with E-state index in [0.717, 1.165) is 77.0 Å². The Morgan fingerprint density at radius 3 is 2.46 bits per heavy atom. The zero-order chi connectivity index (χ0) is 28.3. The number of nitrogens with two attached hydrogens (primary N) is 1. The van der Waals surface area contributed by atoms with Crippen LogP contribution in [0, 0.1) is 27.7 Å². The summed E-state index contributed by atoms with van der Waals surface area (Å²) in [5, 5.41) is 0. The number of hydrogen-bond acceptors (Lipinski definition) is 6. The molecule has 1 amide bonds. The average molecular weight is 530 g/mol. The smallest absolute Gasteiger partial charge is 0.231 e. The molecule has 2 aromatic carbocycles. The van der Waals surface area contributed by atoms with Gasteiger partial charge < -0.3 is 15.4 Å². The summed E-state index contributed by atoms with van der Waals surface area (Å²) < 4.78 is 6.46. The van der Waals surface area contributed by atoms with Crippen LogP contribution in [0.4, 0.5) is 5.82 Å². The molecule has 0 radical (unpaired) electrons. The van der Waals surface area contributed by atoms with Crippen LogP contribution in [-0.4, -0.2) is 53.0 Å². The number of carbonyl (C=O) groups is 1. The van der Waals surface area contributed by atoms with Gasteiger partial charge in [0.15, 0.2) is 5.82 Å². The molecule has 4 rings (SSSR count). The number of hydrogen-bond donors (Lipinski definition) is 1. The van der Waals surface area contributed by atoms with Crippen molar-refractivity contribution in [1.82, 2.24) is 14.9 Å². The SMILES string of the molecule is CCN(CC(N)=O)C1CCN(c2nc(-c3c(C)cccc3C)nc(C)c2COc2cc(C(C)C)ccc2C)C1. The van der Waals surface area contributed by atoms with Crippen molar-refractivity contribution in [2.75, 3.05) is 31.1 Å². The van der Waals surface area contributed by atoms with Crippen molar-refractivity contribution < 1.29 is 9.53 Å². The van der Waals surface area contributed by atoms with E-state index in [2.05, 4.69) is 94.7 Å². The highest BCUT2D eigenvalue weighted by atomic mass is 16.5. The second-order valence-electron chi connectivity index (χ2n) is 11.1. The minimum atomic E-state index is -0.293. The van der Waals surface area contributed by atoms with Gasteiger partial charge in [0.25, 0.3) is 0 Å². The zero-order valence-electron chi connectivity index (χ0n) is 24.5. The van der Waals surface area contributed by atoms with Crippen molar-refractivity contribution in [2.24, 2.45) is 5.73 Å². The highest BCUT2D eigenvalue weighted by Crippen LogP contribution is 2.33. The van der Waals surface area contributed by atoms with Crippen molar-refractivity contribution in [1.29, 1.82) is 0 Å². The first-order valence-corrected chi connectivity index (χ1v) is 14.0. The number of likely N-dealkylation sites (N-methyl/N-ethyl adjacent to an activating group) is 1. The van der Waals surface area contributed by atoms with Crippen molar-refractivity contribution in [3.8, 4) is 17.1 Å². The van der Waals surface area contributed by atoms with E-state index < -0.39 is 0 Å². The highest BCUT2D eigenvalue weighted by molar-refractivity contribution is 5.76. The minimum Gasteiger partial charge on any atom is -0.488 e. The Hall–Kier alpha value is -3.45. The van der Waals surface area contributed by atoms with E-state index in [0.29, 0.717) is 12.5 Å². The van der Waals surface area contributed by atoms with Crippen molar-refractivity contribution in [3.63, 3.8) is 0 Å². The van der Waals surface area contributed by atoms with Crippen LogP contribution in [0.1, 0.15) is 66.6 Å². The lowest BCUT2D eigenvalue weighted by molar-refractivity contribution is -0.119. The van der Waals surface area contributed by atoms with Gasteiger partial charge in [-0.25, -0.2) is 9.97 Å². The van der Waals surface area contributed by atoms with E-state index in [1.54, 1.807) is 0 Å². The maximum Gasteiger partial charge on any atom is 0.231 e. The quantitative estimate of drug-likeness (QED) is 0.375. The number of carbonyl (C=O) groups excluding carboxylic acids is 1. The van der Waals surface area contributed by atoms with Crippen LogP contribution in [0.15, 0.2) is 36.4 Å². The molecule has 1 unspecified atom stereocenters. The number of primary amides is 1. The largest absolute Gasteiger partial charge is 0.488 e. The fourth-order valence-electron chi connectivity index (χ4n) is 5.50. The molecule has 7 heteroatoms. The molecule has 0 spiro atoms. The topological polar surface area (TPSA) is 84.6 Å². The summed E-state index contributed by atoms with van der Waals surface area (Å²) in [4.78, 5) is 26.4. The number of nitrogens with zero attached hydrogens (tertiary/aromatic N) is 4. The molecular weight excluding hydrogens is 486 g/mol. The lowest BCUT2D eigenvalue weighted by Gasteiger charge is -2.27. The molecule has 7 nitrogen and oxygen atoms in total. The molecule has 1 atom stereocenters. The van der Waals surface area contributed by atoms with Gasteiger partial charge in [0, 0.05) is 24.7 Å². The summed E-state index contributed by atoms with van der Waals surface area (Å²) in [6, 6.07) is 13.0. The normalized spacial score (nSPS) is 15.4. The molecule has 2 N–H and O–H groups in total. The summed E-state index contributed by atoms with van der Waals surface area (Å²) in [5.41, 5.74) is 13.2. The van der Waals surface area contributed by atoms with Gasteiger partial charge in [-0.2, -0.15) is 0 Å². The van der Waals surface area contributed by atoms with Crippen LogP contribution in [0.5, 0.6) is 5.75 Å². The maximum atomic E-state index is 11.7. The number of aryl methyl sites for hydroxylation is 4. The van der Waals surface area contributed by atoms with Crippen molar-refractivity contribution in [3.05, 3.63) is 69.9 Å². The Balaban J connectivity index is 1.72. The summed E-state index contributed by atoms with van der Waals surface area (Å²) in [6.07, 6.45) is 0.943. The van der Waals surface area contributed by atoms with Crippen molar-refractivity contribution >= 4 is 11.7 Å². The summed E-state index contributed by atoms with van der Waals surface area (Å²) >= 11 is 0. The van der Waals surface area contributed by atoms with E-state index in [1.807, 2.05) is 0 Å². The third-order valence-corrected chi connectivity index (χ3v) is 7.89. The number of amides is 1. The lowest BCUT2D eigenvalue weighted by Crippen LogP contribution is -2.42. The summed E-state index contributed by atoms with van der Waals surface area (Å²) in [6.45, 7) is 17.9.